The van der Waals surface area contributed by atoms with Gasteiger partial charge < -0.3 is 19.6 Å². The molecular formula is C42H46N4O6P2+4. The molecule has 1 aliphatic carbocycles. The monoisotopic (exact) mass is 764 g/mol. The van der Waals surface area contributed by atoms with Crippen LogP contribution in [-0.2, 0) is 27.6 Å². The Balaban J connectivity index is 1.04. The van der Waals surface area contributed by atoms with E-state index >= 15 is 0 Å². The third kappa shape index (κ3) is 9.16. The predicted molar refractivity (Wildman–Crippen MR) is 205 cm³/mol. The Bertz CT molecular complexity index is 2110. The molecule has 0 aliphatic heterocycles. The maximum absolute atomic E-state index is 11.2. The molecular weight excluding hydrogens is 718 g/mol. The van der Waals surface area contributed by atoms with E-state index in [1.807, 2.05) is 49.1 Å². The van der Waals surface area contributed by atoms with Gasteiger partial charge in [-0.05, 0) is 46.2 Å². The van der Waals surface area contributed by atoms with Gasteiger partial charge in [0, 0.05) is 78.2 Å². The molecule has 10 nitrogen and oxygen atoms in total. The highest BCUT2D eigenvalue weighted by molar-refractivity contribution is 7.51. The van der Waals surface area contributed by atoms with Crippen LogP contribution in [0.4, 0.5) is 0 Å². The van der Waals surface area contributed by atoms with Crippen molar-refractivity contribution in [1.82, 2.24) is 0 Å². The zero-order chi connectivity index (χ0) is 37.8. The summed E-state index contributed by atoms with van der Waals surface area (Å²) in [5.41, 5.74) is 9.02. The summed E-state index contributed by atoms with van der Waals surface area (Å²) in [6.45, 7) is 0.535. The Morgan fingerprint density at radius 2 is 0.759 bits per heavy atom. The molecule has 276 valence electrons. The second-order valence-corrected chi connectivity index (χ2v) is 17.7. The van der Waals surface area contributed by atoms with Gasteiger partial charge >= 0.3 is 15.2 Å². The molecule has 1 saturated carbocycles. The minimum absolute atomic E-state index is 0.0384. The molecule has 4 heterocycles. The fourth-order valence-electron chi connectivity index (χ4n) is 7.48. The zero-order valence-electron chi connectivity index (χ0n) is 30.0. The number of aromatic nitrogens is 4. The van der Waals surface area contributed by atoms with E-state index in [0.717, 1.165) is 46.5 Å². The lowest BCUT2D eigenvalue weighted by Gasteiger charge is -2.38. The number of hydrogen-bond acceptors (Lipinski definition) is 2. The number of pyridine rings is 4. The lowest BCUT2D eigenvalue weighted by molar-refractivity contribution is -0.692. The number of benzene rings is 2. The van der Waals surface area contributed by atoms with Crippen LogP contribution in [0.1, 0.15) is 43.2 Å². The van der Waals surface area contributed by atoms with Gasteiger partial charge in [-0.15, -0.1) is 0 Å². The van der Waals surface area contributed by atoms with Crippen LogP contribution in [0.15, 0.2) is 147 Å². The van der Waals surface area contributed by atoms with Gasteiger partial charge in [0.15, 0.2) is 62.7 Å². The predicted octanol–water partition coefficient (Wildman–Crippen LogP) is 5.75. The van der Waals surface area contributed by atoms with E-state index in [1.165, 1.54) is 30.4 Å². The van der Waals surface area contributed by atoms with Crippen LogP contribution >= 0.6 is 15.2 Å². The van der Waals surface area contributed by atoms with Crippen molar-refractivity contribution in [1.29, 1.82) is 0 Å². The first-order chi connectivity index (χ1) is 25.9. The second-order valence-electron chi connectivity index (χ2n) is 14.2. The van der Waals surface area contributed by atoms with Gasteiger partial charge in [-0.3, -0.25) is 9.13 Å². The first kappa shape index (κ1) is 37.6. The van der Waals surface area contributed by atoms with Crippen LogP contribution in [0.25, 0.3) is 33.6 Å². The van der Waals surface area contributed by atoms with Crippen LogP contribution in [-0.4, -0.2) is 31.9 Å². The molecule has 4 aromatic heterocycles. The van der Waals surface area contributed by atoms with E-state index in [4.69, 9.17) is 19.6 Å². The molecule has 1 aliphatic rings. The van der Waals surface area contributed by atoms with Crippen molar-refractivity contribution in [3.8, 4) is 33.6 Å². The Labute approximate surface area is 315 Å². The third-order valence-corrected chi connectivity index (χ3v) is 12.1. The molecule has 12 heteroatoms. The highest BCUT2D eigenvalue weighted by Gasteiger charge is 2.36. The second kappa shape index (κ2) is 16.0. The van der Waals surface area contributed by atoms with Crippen LogP contribution < -0.4 is 18.3 Å². The molecule has 0 bridgehead atoms. The molecule has 2 aromatic carbocycles. The average Bonchev–Trinajstić information content (AvgIpc) is 3.20. The topological polar surface area (TPSA) is 131 Å². The van der Waals surface area contributed by atoms with Gasteiger partial charge in [-0.2, -0.15) is 9.13 Å². The highest BCUT2D eigenvalue weighted by atomic mass is 31.2. The minimum Gasteiger partial charge on any atom is -0.324 e. The largest absolute Gasteiger partial charge is 0.331 e. The molecule has 1 fully saturated rings. The van der Waals surface area contributed by atoms with Crippen molar-refractivity contribution in [2.24, 2.45) is 0 Å². The SMILES string of the molecule is O=P(O)(O)CC[n+]1ccc(-c2cc[n+](-c3ccc(C4(c5ccc(-[n+]6ccc(-c7cc[n+](CCP(=O)(O)O)cc7)cc6)cc5)CCCCC4)cc3)cc2)cc1. The van der Waals surface area contributed by atoms with Crippen molar-refractivity contribution in [3.63, 3.8) is 0 Å². The summed E-state index contributed by atoms with van der Waals surface area (Å²) in [6.07, 6.45) is 21.2. The number of aryl methyl sites for hydroxylation is 2. The fraction of sp³-hybridized carbons (Fsp3) is 0.238. The third-order valence-electron chi connectivity index (χ3n) is 10.5. The molecule has 0 unspecified atom stereocenters. The maximum Gasteiger partial charge on any atom is 0.331 e. The zero-order valence-corrected chi connectivity index (χ0v) is 31.8. The van der Waals surface area contributed by atoms with Gasteiger partial charge in [0.05, 0.1) is 0 Å². The number of rotatable bonds is 12. The maximum atomic E-state index is 11.2. The van der Waals surface area contributed by atoms with E-state index in [0.29, 0.717) is 0 Å². The summed E-state index contributed by atoms with van der Waals surface area (Å²) in [6, 6.07) is 34.2. The van der Waals surface area contributed by atoms with E-state index in [-0.39, 0.29) is 30.8 Å². The summed E-state index contributed by atoms with van der Waals surface area (Å²) >= 11 is 0. The van der Waals surface area contributed by atoms with Crippen LogP contribution in [0.5, 0.6) is 0 Å². The molecule has 0 radical (unpaired) electrons. The number of nitrogens with zero attached hydrogens (tertiary/aromatic N) is 4. The molecule has 54 heavy (non-hydrogen) atoms. The van der Waals surface area contributed by atoms with Crippen LogP contribution in [0.2, 0.25) is 0 Å². The molecule has 0 amide bonds. The highest BCUT2D eigenvalue weighted by Crippen LogP contribution is 2.45. The lowest BCUT2D eigenvalue weighted by Crippen LogP contribution is -2.34. The van der Waals surface area contributed by atoms with Gasteiger partial charge in [0.2, 0.25) is 11.4 Å². The van der Waals surface area contributed by atoms with E-state index < -0.39 is 15.2 Å². The minimum atomic E-state index is -4.03. The van der Waals surface area contributed by atoms with E-state index in [9.17, 15) is 9.13 Å². The molecule has 0 spiro atoms. The summed E-state index contributed by atoms with van der Waals surface area (Å²) in [7, 11) is -8.06. The first-order valence-electron chi connectivity index (χ1n) is 18.3. The normalized spacial score (nSPS) is 14.5. The van der Waals surface area contributed by atoms with E-state index in [2.05, 4.69) is 107 Å². The van der Waals surface area contributed by atoms with Gasteiger partial charge in [0.25, 0.3) is 0 Å². The summed E-state index contributed by atoms with van der Waals surface area (Å²) in [4.78, 5) is 36.7. The van der Waals surface area contributed by atoms with Gasteiger partial charge in [0.1, 0.15) is 12.3 Å². The first-order valence-corrected chi connectivity index (χ1v) is 21.9. The molecule has 0 atom stereocenters. The summed E-state index contributed by atoms with van der Waals surface area (Å²) < 4.78 is 30.2. The summed E-state index contributed by atoms with van der Waals surface area (Å²) in [5.74, 6) is 0. The fourth-order valence-corrected chi connectivity index (χ4v) is 8.46. The van der Waals surface area contributed by atoms with Gasteiger partial charge in [-0.25, -0.2) is 9.13 Å². The average molecular weight is 765 g/mol. The Kier molecular flexibility index (Phi) is 11.1. The van der Waals surface area contributed by atoms with Crippen molar-refractivity contribution in [3.05, 3.63) is 158 Å². The van der Waals surface area contributed by atoms with Crippen molar-refractivity contribution in [2.75, 3.05) is 12.3 Å². The molecule has 4 N–H and O–H groups in total. The van der Waals surface area contributed by atoms with Crippen molar-refractivity contribution in [2.45, 2.75) is 50.6 Å². The van der Waals surface area contributed by atoms with Gasteiger partial charge in [-0.1, -0.05) is 43.5 Å². The van der Waals surface area contributed by atoms with Crippen LogP contribution in [0, 0.1) is 0 Å². The Morgan fingerprint density at radius 1 is 0.444 bits per heavy atom. The quantitative estimate of drug-likeness (QED) is 0.0928. The summed E-state index contributed by atoms with van der Waals surface area (Å²) in [5, 5.41) is 0. The molecule has 0 saturated heterocycles. The Morgan fingerprint density at radius 3 is 1.07 bits per heavy atom. The molecule has 6 aromatic rings. The van der Waals surface area contributed by atoms with Crippen molar-refractivity contribution >= 4 is 15.2 Å². The van der Waals surface area contributed by atoms with E-state index in [1.54, 1.807) is 9.13 Å². The number of hydrogen-bond donors (Lipinski definition) is 4. The van der Waals surface area contributed by atoms with Crippen LogP contribution in [0.3, 0.4) is 0 Å². The van der Waals surface area contributed by atoms with Crippen molar-refractivity contribution < 1.29 is 47.0 Å². The molecule has 7 rings (SSSR count). The smallest absolute Gasteiger partial charge is 0.324 e. The Hall–Kier alpha value is -4.66. The lowest BCUT2D eigenvalue weighted by atomic mass is 9.65. The standard InChI is InChI=1S/C42H42N4O6P2/c47-53(48,49)32-30-43-22-12-34(13-23-43)36-16-26-45(27-17-36)40-8-4-38(5-9-40)42(20-2-1-3-21-42)39-6-10-41(11-7-39)46-28-18-37(19-29-46)35-14-24-44(25-15-35)31-33-54(50,51)52/h4-19,22-29H,1-3,20-21,30-33H2/p+4.